The zero-order valence-corrected chi connectivity index (χ0v) is 13.0. The Morgan fingerprint density at radius 2 is 1.94 bits per heavy atom. The zero-order valence-electron chi connectivity index (χ0n) is 13.0. The van der Waals surface area contributed by atoms with Crippen LogP contribution in [0.3, 0.4) is 0 Å². The molecule has 0 aromatic heterocycles. The van der Waals surface area contributed by atoms with E-state index in [9.17, 15) is 0 Å². The Morgan fingerprint density at radius 3 is 2.39 bits per heavy atom. The van der Waals surface area contributed by atoms with Crippen molar-refractivity contribution in [1.82, 2.24) is 0 Å². The summed E-state index contributed by atoms with van der Waals surface area (Å²) in [6.45, 7) is 21.0. The fourth-order valence-corrected chi connectivity index (χ4v) is 2.38. The first kappa shape index (κ1) is 17.1. The largest absolute Gasteiger partial charge is 0.204 e. The van der Waals surface area contributed by atoms with E-state index in [4.69, 9.17) is 6.58 Å². The van der Waals surface area contributed by atoms with Crippen LogP contribution in [0.4, 0.5) is 0 Å². The van der Waals surface area contributed by atoms with Gasteiger partial charge in [-0.1, -0.05) is 45.9 Å². The number of rotatable bonds is 9. The first-order valence-electron chi connectivity index (χ1n) is 7.23. The van der Waals surface area contributed by atoms with Crippen LogP contribution in [0.1, 0.15) is 60.3 Å². The minimum Gasteiger partial charge on any atom is -0.103 e. The van der Waals surface area contributed by atoms with Gasteiger partial charge in [-0.25, -0.2) is 0 Å². The molecular formula is C18H31+. The molecule has 0 aliphatic rings. The summed E-state index contributed by atoms with van der Waals surface area (Å²) in [6.07, 6.45) is 11.1. The van der Waals surface area contributed by atoms with Gasteiger partial charge in [0.2, 0.25) is 6.58 Å². The molecule has 0 bridgehead atoms. The molecule has 3 unspecified atom stereocenters. The van der Waals surface area contributed by atoms with Gasteiger partial charge >= 0.3 is 0 Å². The van der Waals surface area contributed by atoms with Crippen LogP contribution in [0.5, 0.6) is 0 Å². The van der Waals surface area contributed by atoms with Crippen molar-refractivity contribution in [3.05, 3.63) is 37.0 Å². The fraction of sp³-hybridized carbons (Fsp3) is 0.667. The molecule has 0 nitrogen and oxygen atoms in total. The quantitative estimate of drug-likeness (QED) is 0.348. The maximum Gasteiger partial charge on any atom is 0.204 e. The summed E-state index contributed by atoms with van der Waals surface area (Å²) in [5, 5.41) is 0. The fourth-order valence-electron chi connectivity index (χ4n) is 2.38. The first-order valence-corrected chi connectivity index (χ1v) is 7.23. The van der Waals surface area contributed by atoms with Gasteiger partial charge in [0.25, 0.3) is 0 Å². The lowest BCUT2D eigenvalue weighted by Crippen LogP contribution is -2.31. The summed E-state index contributed by atoms with van der Waals surface area (Å²) in [5.41, 5.74) is 1.32. The van der Waals surface area contributed by atoms with Crippen LogP contribution >= 0.6 is 0 Å². The second-order valence-electron chi connectivity index (χ2n) is 5.90. The molecule has 0 N–H and O–H groups in total. The zero-order chi connectivity index (χ0) is 14.2. The van der Waals surface area contributed by atoms with Gasteiger partial charge in [-0.05, 0) is 36.5 Å². The molecule has 0 saturated heterocycles. The average Bonchev–Trinajstić information content (AvgIpc) is 2.34. The smallest absolute Gasteiger partial charge is 0.103 e. The molecule has 18 heavy (non-hydrogen) atoms. The molecule has 0 saturated carbocycles. The molecule has 0 rings (SSSR count). The van der Waals surface area contributed by atoms with E-state index in [-0.39, 0.29) is 5.41 Å². The third kappa shape index (κ3) is 5.19. The topological polar surface area (TPSA) is 0 Å². The van der Waals surface area contributed by atoms with Crippen molar-refractivity contribution in [2.45, 2.75) is 60.3 Å². The minimum absolute atomic E-state index is 0.281. The van der Waals surface area contributed by atoms with Gasteiger partial charge in [-0.15, -0.1) is 6.58 Å². The molecule has 102 valence electrons. The lowest BCUT2D eigenvalue weighted by Gasteiger charge is -2.39. The van der Waals surface area contributed by atoms with E-state index >= 15 is 0 Å². The predicted octanol–water partition coefficient (Wildman–Crippen LogP) is 5.97. The van der Waals surface area contributed by atoms with Crippen LogP contribution in [-0.2, 0) is 0 Å². The van der Waals surface area contributed by atoms with Gasteiger partial charge < -0.3 is 0 Å². The molecule has 0 spiro atoms. The highest BCUT2D eigenvalue weighted by Crippen LogP contribution is 2.42. The van der Waals surface area contributed by atoms with Crippen LogP contribution in [0.15, 0.2) is 30.4 Å². The van der Waals surface area contributed by atoms with Gasteiger partial charge in [-0.2, -0.15) is 0 Å². The standard InChI is InChI=1S/C18H31/c1-8-10-11-14-18(7,16(5)9-2)17(6)13-12-15(3)4/h3,9-11,16-17H,2,8,12-14H2,1,4-7H3/q+1/b11-10-. The monoisotopic (exact) mass is 247 g/mol. The van der Waals surface area contributed by atoms with Crippen LogP contribution in [0.2, 0.25) is 0 Å². The molecular weight excluding hydrogens is 216 g/mol. The molecule has 0 heteroatoms. The van der Waals surface area contributed by atoms with Gasteiger partial charge in [0.1, 0.15) is 0 Å². The van der Waals surface area contributed by atoms with Crippen molar-refractivity contribution in [1.29, 1.82) is 0 Å². The number of allylic oxidation sites excluding steroid dienone is 4. The van der Waals surface area contributed by atoms with Crippen molar-refractivity contribution in [2.24, 2.45) is 17.3 Å². The molecule has 0 aliphatic carbocycles. The van der Waals surface area contributed by atoms with Crippen LogP contribution in [0, 0.1) is 23.8 Å². The lowest BCUT2D eigenvalue weighted by atomic mass is 9.65. The maximum absolute atomic E-state index is 5.80. The molecule has 0 amide bonds. The minimum atomic E-state index is 0.281. The van der Waals surface area contributed by atoms with Crippen molar-refractivity contribution in [3.63, 3.8) is 0 Å². The Kier molecular flexibility index (Phi) is 7.87. The van der Waals surface area contributed by atoms with E-state index in [0.717, 1.165) is 31.3 Å². The molecule has 0 radical (unpaired) electrons. The Labute approximate surface area is 115 Å². The van der Waals surface area contributed by atoms with E-state index in [1.54, 1.807) is 0 Å². The summed E-state index contributed by atoms with van der Waals surface area (Å²) in [7, 11) is 0. The molecule has 0 aromatic rings. The summed E-state index contributed by atoms with van der Waals surface area (Å²) < 4.78 is 0. The van der Waals surface area contributed by atoms with Crippen molar-refractivity contribution in [3.8, 4) is 0 Å². The number of hydrogen-bond donors (Lipinski definition) is 0. The Morgan fingerprint density at radius 1 is 1.33 bits per heavy atom. The molecule has 0 fully saturated rings. The second-order valence-corrected chi connectivity index (χ2v) is 5.90. The Bertz CT molecular complexity index is 284. The van der Waals surface area contributed by atoms with Crippen molar-refractivity contribution >= 4 is 0 Å². The van der Waals surface area contributed by atoms with E-state index < -0.39 is 0 Å². The molecule has 0 heterocycles. The molecule has 0 aromatic carbocycles. The third-order valence-corrected chi connectivity index (χ3v) is 4.45. The van der Waals surface area contributed by atoms with Gasteiger partial charge in [-0.3, -0.25) is 0 Å². The summed E-state index contributed by atoms with van der Waals surface area (Å²) in [5.74, 6) is 1.16. The summed E-state index contributed by atoms with van der Waals surface area (Å²) in [6, 6.07) is 0. The molecule has 0 aliphatic heterocycles. The van der Waals surface area contributed by atoms with Crippen LogP contribution < -0.4 is 0 Å². The van der Waals surface area contributed by atoms with E-state index in [2.05, 4.69) is 52.5 Å². The lowest BCUT2D eigenvalue weighted by molar-refractivity contribution is 0.138. The Balaban J connectivity index is 4.78. The highest BCUT2D eigenvalue weighted by atomic mass is 14.4. The van der Waals surface area contributed by atoms with Gasteiger partial charge in [0.15, 0.2) is 5.57 Å². The van der Waals surface area contributed by atoms with Gasteiger partial charge in [0.05, 0.1) is 0 Å². The van der Waals surface area contributed by atoms with Crippen molar-refractivity contribution in [2.75, 3.05) is 0 Å². The number of hydrogen-bond acceptors (Lipinski definition) is 0. The Hall–Kier alpha value is -0.870. The first-order chi connectivity index (χ1) is 8.38. The van der Waals surface area contributed by atoms with Gasteiger partial charge in [0, 0.05) is 13.3 Å². The van der Waals surface area contributed by atoms with Crippen LogP contribution in [-0.4, -0.2) is 0 Å². The van der Waals surface area contributed by atoms with Crippen molar-refractivity contribution < 1.29 is 0 Å². The van der Waals surface area contributed by atoms with E-state index in [1.807, 2.05) is 6.92 Å². The molecule has 3 atom stereocenters. The average molecular weight is 247 g/mol. The summed E-state index contributed by atoms with van der Waals surface area (Å²) in [4.78, 5) is 0. The highest BCUT2D eigenvalue weighted by Gasteiger charge is 2.34. The second kappa shape index (κ2) is 8.27. The highest BCUT2D eigenvalue weighted by molar-refractivity contribution is 4.99. The normalized spacial score (nSPS) is 18.2. The van der Waals surface area contributed by atoms with E-state index in [1.165, 1.54) is 0 Å². The predicted molar refractivity (Wildman–Crippen MR) is 83.4 cm³/mol. The van der Waals surface area contributed by atoms with E-state index in [0.29, 0.717) is 11.8 Å². The SMILES string of the molecule is [CH+]=C(C)CCC(C)C(C)(C/C=C\CC)C(C)C=C. The van der Waals surface area contributed by atoms with Crippen LogP contribution in [0.25, 0.3) is 0 Å². The maximum atomic E-state index is 5.80. The summed E-state index contributed by atoms with van der Waals surface area (Å²) >= 11 is 0. The third-order valence-electron chi connectivity index (χ3n) is 4.45.